The zero-order valence-corrected chi connectivity index (χ0v) is 34.3. The van der Waals surface area contributed by atoms with E-state index in [1.54, 1.807) is 0 Å². The first-order valence-corrected chi connectivity index (χ1v) is 21.4. The second-order valence-corrected chi connectivity index (χ2v) is 16.7. The van der Waals surface area contributed by atoms with Crippen molar-refractivity contribution in [2.45, 2.75) is 57.9 Å². The molecule has 59 heavy (non-hydrogen) atoms. The van der Waals surface area contributed by atoms with Crippen LogP contribution in [0.2, 0.25) is 0 Å². The first kappa shape index (κ1) is 35.5. The highest BCUT2D eigenvalue weighted by Gasteiger charge is 2.58. The quantitative estimate of drug-likeness (QED) is 0.144. The number of benzene rings is 7. The SMILES string of the molecule is CCC1(C)c2ccc(-c3cccc(-c4cc(-n5c6ccccc6c6ccccc65)cc(-n5c6ccccc6c6ccccc65)c4)c3)cc2-c2cccc[n+]2C1(CC)CC. The molecule has 0 spiro atoms. The average molecular weight is 763 g/mol. The molecule has 1 unspecified atom stereocenters. The fourth-order valence-corrected chi connectivity index (χ4v) is 11.2. The Bertz CT molecular complexity index is 3030. The van der Waals surface area contributed by atoms with Crippen LogP contribution in [-0.4, -0.2) is 9.13 Å². The Morgan fingerprint density at radius 2 is 0.898 bits per heavy atom. The molecule has 3 aromatic heterocycles. The van der Waals surface area contributed by atoms with Gasteiger partial charge < -0.3 is 9.13 Å². The van der Waals surface area contributed by atoms with Crippen molar-refractivity contribution in [1.29, 1.82) is 0 Å². The average Bonchev–Trinajstić information content (AvgIpc) is 3.82. The number of rotatable bonds is 7. The highest BCUT2D eigenvalue weighted by molar-refractivity contribution is 6.10. The third-order valence-electron chi connectivity index (χ3n) is 14.2. The van der Waals surface area contributed by atoms with E-state index in [4.69, 9.17) is 0 Å². The number of hydrogen-bond acceptors (Lipinski definition) is 0. The summed E-state index contributed by atoms with van der Waals surface area (Å²) in [4.78, 5) is 0. The number of pyridine rings is 1. The van der Waals surface area contributed by atoms with Crippen LogP contribution < -0.4 is 4.57 Å². The van der Waals surface area contributed by atoms with E-state index < -0.39 is 0 Å². The van der Waals surface area contributed by atoms with Crippen LogP contribution in [0.25, 0.3) is 88.5 Å². The largest absolute Gasteiger partial charge is 0.309 e. The zero-order valence-electron chi connectivity index (χ0n) is 34.3. The molecule has 0 fully saturated rings. The van der Waals surface area contributed by atoms with Gasteiger partial charge in [0.25, 0.3) is 0 Å². The molecule has 7 aromatic carbocycles. The summed E-state index contributed by atoms with van der Waals surface area (Å²) < 4.78 is 7.51. The van der Waals surface area contributed by atoms with Gasteiger partial charge >= 0.3 is 0 Å². The number of aromatic nitrogens is 3. The summed E-state index contributed by atoms with van der Waals surface area (Å²) in [6.45, 7) is 9.61. The predicted molar refractivity (Wildman–Crippen MR) is 248 cm³/mol. The van der Waals surface area contributed by atoms with Crippen molar-refractivity contribution < 1.29 is 4.57 Å². The first-order chi connectivity index (χ1) is 29.0. The van der Waals surface area contributed by atoms with E-state index >= 15 is 0 Å². The summed E-state index contributed by atoms with van der Waals surface area (Å²) in [5.41, 5.74) is 16.0. The molecule has 0 bridgehead atoms. The molecule has 4 heterocycles. The first-order valence-electron chi connectivity index (χ1n) is 21.4. The Labute approximate surface area is 346 Å². The summed E-state index contributed by atoms with van der Waals surface area (Å²) in [5.74, 6) is 0. The van der Waals surface area contributed by atoms with Crippen molar-refractivity contribution in [3.8, 4) is 44.9 Å². The second kappa shape index (κ2) is 13.4. The lowest BCUT2D eigenvalue weighted by atomic mass is 9.58. The monoisotopic (exact) mass is 762 g/mol. The van der Waals surface area contributed by atoms with E-state index in [0.717, 1.165) is 30.6 Å². The predicted octanol–water partition coefficient (Wildman–Crippen LogP) is 14.4. The number of fused-ring (bicyclic) bond motifs is 9. The van der Waals surface area contributed by atoms with E-state index in [-0.39, 0.29) is 11.0 Å². The summed E-state index contributed by atoms with van der Waals surface area (Å²) in [5, 5.41) is 5.04. The fraction of sp³-hybridized carbons (Fsp3) is 0.161. The Morgan fingerprint density at radius 1 is 0.424 bits per heavy atom. The van der Waals surface area contributed by atoms with E-state index in [9.17, 15) is 0 Å². The molecule has 3 heteroatoms. The minimum Gasteiger partial charge on any atom is -0.309 e. The van der Waals surface area contributed by atoms with Gasteiger partial charge in [0.2, 0.25) is 5.69 Å². The van der Waals surface area contributed by atoms with Crippen molar-refractivity contribution in [2.24, 2.45) is 0 Å². The lowest BCUT2D eigenvalue weighted by molar-refractivity contribution is -0.769. The van der Waals surface area contributed by atoms with Gasteiger partial charge in [-0.3, -0.25) is 0 Å². The van der Waals surface area contributed by atoms with Crippen LogP contribution in [0.1, 0.15) is 52.5 Å². The minimum atomic E-state index is 0.00168. The summed E-state index contributed by atoms with van der Waals surface area (Å²) >= 11 is 0. The maximum absolute atomic E-state index is 2.61. The second-order valence-electron chi connectivity index (χ2n) is 16.7. The molecule has 286 valence electrons. The lowest BCUT2D eigenvalue weighted by Crippen LogP contribution is -2.68. The van der Waals surface area contributed by atoms with E-state index in [2.05, 4.69) is 224 Å². The van der Waals surface area contributed by atoms with Gasteiger partial charge in [0, 0.05) is 57.9 Å². The van der Waals surface area contributed by atoms with E-state index in [1.165, 1.54) is 82.7 Å². The molecule has 0 N–H and O–H groups in total. The van der Waals surface area contributed by atoms with Gasteiger partial charge in [-0.05, 0) is 102 Å². The molecular weight excluding hydrogens is 715 g/mol. The molecule has 11 rings (SSSR count). The minimum absolute atomic E-state index is 0.00168. The Balaban J connectivity index is 1.13. The van der Waals surface area contributed by atoms with Crippen molar-refractivity contribution in [1.82, 2.24) is 9.13 Å². The van der Waals surface area contributed by atoms with Crippen molar-refractivity contribution in [3.05, 3.63) is 188 Å². The Kier molecular flexibility index (Phi) is 8.07. The van der Waals surface area contributed by atoms with Gasteiger partial charge in [-0.1, -0.05) is 124 Å². The lowest BCUT2D eigenvalue weighted by Gasteiger charge is -2.47. The highest BCUT2D eigenvalue weighted by atomic mass is 15.1. The Morgan fingerprint density at radius 3 is 1.41 bits per heavy atom. The molecule has 0 saturated carbocycles. The normalized spacial score (nSPS) is 15.9. The summed E-state index contributed by atoms with van der Waals surface area (Å²) in [7, 11) is 0. The van der Waals surface area contributed by atoms with Gasteiger partial charge in [-0.2, -0.15) is 4.57 Å². The van der Waals surface area contributed by atoms with Crippen LogP contribution in [0.5, 0.6) is 0 Å². The molecule has 3 nitrogen and oxygen atoms in total. The zero-order chi connectivity index (χ0) is 39.9. The number of hydrogen-bond donors (Lipinski definition) is 0. The topological polar surface area (TPSA) is 13.7 Å². The number of para-hydroxylation sites is 4. The van der Waals surface area contributed by atoms with Crippen molar-refractivity contribution in [3.63, 3.8) is 0 Å². The van der Waals surface area contributed by atoms with Crippen LogP contribution in [0.3, 0.4) is 0 Å². The van der Waals surface area contributed by atoms with Gasteiger partial charge in [0.05, 0.1) is 33.0 Å². The van der Waals surface area contributed by atoms with Crippen molar-refractivity contribution in [2.75, 3.05) is 0 Å². The van der Waals surface area contributed by atoms with Gasteiger partial charge in [0.1, 0.15) is 0 Å². The smallest absolute Gasteiger partial charge is 0.213 e. The van der Waals surface area contributed by atoms with Crippen LogP contribution in [0.15, 0.2) is 182 Å². The van der Waals surface area contributed by atoms with Crippen molar-refractivity contribution >= 4 is 43.6 Å². The van der Waals surface area contributed by atoms with Crippen LogP contribution in [0, 0.1) is 0 Å². The molecule has 0 aliphatic carbocycles. The number of nitrogens with zero attached hydrogens (tertiary/aromatic N) is 3. The highest BCUT2D eigenvalue weighted by Crippen LogP contribution is 2.52. The van der Waals surface area contributed by atoms with Crippen LogP contribution in [-0.2, 0) is 11.0 Å². The summed E-state index contributed by atoms with van der Waals surface area (Å²) in [6, 6.07) is 65.6. The third-order valence-corrected chi connectivity index (χ3v) is 14.2. The molecular formula is C56H48N3+. The van der Waals surface area contributed by atoms with Crippen LogP contribution >= 0.6 is 0 Å². The van der Waals surface area contributed by atoms with Crippen LogP contribution in [0.4, 0.5) is 0 Å². The Hall–Kier alpha value is -6.71. The third kappa shape index (κ3) is 5.04. The van der Waals surface area contributed by atoms with Gasteiger partial charge in [-0.25, -0.2) is 0 Å². The maximum Gasteiger partial charge on any atom is 0.213 e. The molecule has 1 atom stereocenters. The molecule has 0 amide bonds. The molecule has 0 radical (unpaired) electrons. The molecule has 1 aliphatic rings. The maximum atomic E-state index is 2.61. The van der Waals surface area contributed by atoms with E-state index in [0.29, 0.717) is 0 Å². The fourth-order valence-electron chi connectivity index (χ4n) is 11.2. The molecule has 1 aliphatic heterocycles. The molecule has 0 saturated heterocycles. The summed E-state index contributed by atoms with van der Waals surface area (Å²) in [6.07, 6.45) is 5.58. The molecule has 10 aromatic rings. The van der Waals surface area contributed by atoms with Gasteiger partial charge in [0.15, 0.2) is 11.7 Å². The van der Waals surface area contributed by atoms with E-state index in [1.807, 2.05) is 0 Å². The van der Waals surface area contributed by atoms with Gasteiger partial charge in [-0.15, -0.1) is 0 Å². The standard InChI is InChI=1S/C56H48N3/c1-5-55(4)49-31-30-40(36-48(49)50-25-16-17-32-57(50)56(55,6-2)7-3)38-19-18-20-39(33-38)41-34-42(58-51-26-12-8-21-44(51)45-22-9-13-27-52(45)58)37-43(35-41)59-53-28-14-10-23-46(53)47-24-11-15-29-54(47)59/h8-37H,5-7H2,1-4H3/q+1.